The quantitative estimate of drug-likeness (QED) is 0.269. The Morgan fingerprint density at radius 2 is 1.71 bits per heavy atom. The summed E-state index contributed by atoms with van der Waals surface area (Å²) in [6, 6.07) is 9.91. The third-order valence-electron chi connectivity index (χ3n) is 7.45. The van der Waals surface area contributed by atoms with E-state index in [1.54, 1.807) is 38.1 Å². The molecule has 0 heterocycles. The number of carbonyl (C=O) groups is 5. The number of ketones is 2. The lowest BCUT2D eigenvalue weighted by atomic mass is 9.98. The highest BCUT2D eigenvalue weighted by Gasteiger charge is 2.30. The first-order chi connectivity index (χ1) is 20.0. The van der Waals surface area contributed by atoms with Crippen molar-refractivity contribution in [3.05, 3.63) is 59.2 Å². The van der Waals surface area contributed by atoms with Gasteiger partial charge in [-0.25, -0.2) is 0 Å². The Hall–Kier alpha value is -4.21. The first-order valence-electron chi connectivity index (χ1n) is 14.2. The van der Waals surface area contributed by atoms with Gasteiger partial charge in [0, 0.05) is 11.1 Å². The summed E-state index contributed by atoms with van der Waals surface area (Å²) in [4.78, 5) is 62.5. The van der Waals surface area contributed by atoms with Crippen LogP contribution >= 0.6 is 0 Å². The Labute approximate surface area is 246 Å². The highest BCUT2D eigenvalue weighted by molar-refractivity contribution is 5.96. The van der Waals surface area contributed by atoms with E-state index in [4.69, 9.17) is 9.47 Å². The van der Waals surface area contributed by atoms with Crippen LogP contribution in [-0.4, -0.2) is 60.3 Å². The highest BCUT2D eigenvalue weighted by atomic mass is 16.5. The fourth-order valence-electron chi connectivity index (χ4n) is 5.12. The lowest BCUT2D eigenvalue weighted by Crippen LogP contribution is -2.54. The first-order valence-corrected chi connectivity index (χ1v) is 14.2. The average Bonchev–Trinajstić information content (AvgIpc) is 3.49. The molecule has 2 amide bonds. The maximum Gasteiger partial charge on any atom is 0.305 e. The zero-order valence-electron chi connectivity index (χ0n) is 24.6. The van der Waals surface area contributed by atoms with Gasteiger partial charge in [-0.05, 0) is 67.5 Å². The molecular weight excluding hydrogens is 540 g/mol. The van der Waals surface area contributed by atoms with Crippen LogP contribution in [0.4, 0.5) is 0 Å². The highest BCUT2D eigenvalue weighted by Crippen LogP contribution is 2.35. The molecule has 3 N–H and O–H groups in total. The van der Waals surface area contributed by atoms with Crippen molar-refractivity contribution < 1.29 is 38.6 Å². The van der Waals surface area contributed by atoms with Crippen molar-refractivity contribution in [3.8, 4) is 11.5 Å². The van der Waals surface area contributed by atoms with Crippen LogP contribution in [0, 0.1) is 5.92 Å². The molecule has 0 aromatic heterocycles. The number of ether oxygens (including phenoxy) is 2. The van der Waals surface area contributed by atoms with Gasteiger partial charge < -0.3 is 25.2 Å². The molecule has 1 saturated carbocycles. The zero-order valence-corrected chi connectivity index (χ0v) is 24.6. The van der Waals surface area contributed by atoms with E-state index in [1.807, 2.05) is 18.2 Å². The molecular formula is C32H40N2O8. The van der Waals surface area contributed by atoms with Crippen LogP contribution in [0.5, 0.6) is 11.5 Å². The molecule has 0 aliphatic heterocycles. The molecule has 42 heavy (non-hydrogen) atoms. The summed E-state index contributed by atoms with van der Waals surface area (Å²) >= 11 is 0. The summed E-state index contributed by atoms with van der Waals surface area (Å²) in [7, 11) is 1.45. The Bertz CT molecular complexity index is 1300. The number of hydrogen-bond acceptors (Lipinski definition) is 7. The topological polar surface area (TPSA) is 148 Å². The van der Waals surface area contributed by atoms with Crippen molar-refractivity contribution in [2.45, 2.75) is 77.3 Å². The number of Topliss-reactive ketones (excluding diaryl/α,β-unsaturated/α-hetero) is 2. The van der Waals surface area contributed by atoms with Crippen molar-refractivity contribution in [2.75, 3.05) is 13.7 Å². The second kappa shape index (κ2) is 15.1. The van der Waals surface area contributed by atoms with Crippen LogP contribution < -0.4 is 20.1 Å². The molecule has 0 bridgehead atoms. The first kappa shape index (κ1) is 32.3. The molecule has 0 saturated heterocycles. The number of aliphatic carboxylic acids is 1. The number of methoxy groups -OCH3 is 1. The molecule has 10 heteroatoms. The number of nitrogens with one attached hydrogen (secondary N) is 2. The molecule has 1 aliphatic carbocycles. The average molecular weight is 581 g/mol. The number of rotatable bonds is 15. The van der Waals surface area contributed by atoms with Crippen LogP contribution in [0.25, 0.3) is 0 Å². The number of carboxylic acid groups (broad SMARTS) is 1. The number of benzene rings is 2. The van der Waals surface area contributed by atoms with Crippen LogP contribution in [0.15, 0.2) is 42.5 Å². The number of hydrogen-bond donors (Lipinski definition) is 3. The minimum Gasteiger partial charge on any atom is -0.496 e. The van der Waals surface area contributed by atoms with Gasteiger partial charge in [-0.3, -0.25) is 24.0 Å². The molecule has 2 aromatic carbocycles. The van der Waals surface area contributed by atoms with Gasteiger partial charge in [0.05, 0.1) is 20.0 Å². The van der Waals surface area contributed by atoms with Gasteiger partial charge in [-0.15, -0.1) is 0 Å². The van der Waals surface area contributed by atoms with Crippen LogP contribution in [0.3, 0.4) is 0 Å². The summed E-state index contributed by atoms with van der Waals surface area (Å²) in [6.07, 6.45) is 3.80. The second-order valence-corrected chi connectivity index (χ2v) is 11.0. The van der Waals surface area contributed by atoms with Gasteiger partial charge in [0.15, 0.2) is 11.6 Å². The monoisotopic (exact) mass is 580 g/mol. The maximum atomic E-state index is 13.2. The van der Waals surface area contributed by atoms with Crippen LogP contribution in [0.1, 0.15) is 80.3 Å². The smallest absolute Gasteiger partial charge is 0.305 e. The summed E-state index contributed by atoms with van der Waals surface area (Å²) in [6.45, 7) is 4.43. The number of amides is 2. The fraction of sp³-hybridized carbons (Fsp3) is 0.469. The van der Waals surface area contributed by atoms with Gasteiger partial charge in [-0.1, -0.05) is 38.8 Å². The number of carboxylic acids is 1. The Morgan fingerprint density at radius 3 is 2.33 bits per heavy atom. The normalized spacial score (nSPS) is 14.6. The molecule has 0 radical (unpaired) electrons. The maximum absolute atomic E-state index is 13.2. The summed E-state index contributed by atoms with van der Waals surface area (Å²) < 4.78 is 11.0. The lowest BCUT2D eigenvalue weighted by molar-refractivity contribution is -0.141. The molecule has 0 spiro atoms. The van der Waals surface area contributed by atoms with Gasteiger partial charge >= 0.3 is 5.97 Å². The van der Waals surface area contributed by atoms with Crippen molar-refractivity contribution >= 4 is 29.4 Å². The molecule has 10 nitrogen and oxygen atoms in total. The number of carbonyl (C=O) groups excluding carboxylic acids is 4. The van der Waals surface area contributed by atoms with Crippen molar-refractivity contribution in [1.29, 1.82) is 0 Å². The predicted molar refractivity (Wildman–Crippen MR) is 156 cm³/mol. The standard InChI is InChI=1S/C32H40N2O8/c1-19(2)31(34-29(37)16-24-14-22(20(3)35)12-13-28(24)41-4)32(40)33-26(17-30(38)39)27(36)18-42-25-11-7-10-23(15-25)21-8-5-6-9-21/h7,10-15,19,21,26,31H,5-6,8-9,16-18H2,1-4H3,(H,33,40)(H,34,37)(H,38,39)/t26?,31-/m0/s1. The summed E-state index contributed by atoms with van der Waals surface area (Å²) in [5.41, 5.74) is 2.03. The minimum absolute atomic E-state index is 0.161. The Morgan fingerprint density at radius 1 is 1.00 bits per heavy atom. The molecule has 226 valence electrons. The van der Waals surface area contributed by atoms with Crippen LogP contribution in [0.2, 0.25) is 0 Å². The molecule has 2 aromatic rings. The van der Waals surface area contributed by atoms with E-state index >= 15 is 0 Å². The third-order valence-corrected chi connectivity index (χ3v) is 7.45. The second-order valence-electron chi connectivity index (χ2n) is 11.0. The van der Waals surface area contributed by atoms with Crippen molar-refractivity contribution in [2.24, 2.45) is 5.92 Å². The van der Waals surface area contributed by atoms with Gasteiger partial charge in [-0.2, -0.15) is 0 Å². The van der Waals surface area contributed by atoms with E-state index in [1.165, 1.54) is 26.9 Å². The van der Waals surface area contributed by atoms with E-state index in [-0.39, 0.29) is 18.1 Å². The van der Waals surface area contributed by atoms with Gasteiger partial charge in [0.1, 0.15) is 30.2 Å². The van der Waals surface area contributed by atoms with Crippen molar-refractivity contribution in [3.63, 3.8) is 0 Å². The third kappa shape index (κ3) is 9.15. The zero-order chi connectivity index (χ0) is 30.8. The Kier molecular flexibility index (Phi) is 11.6. The predicted octanol–water partition coefficient (Wildman–Crippen LogP) is 3.85. The largest absolute Gasteiger partial charge is 0.496 e. The molecule has 2 atom stereocenters. The summed E-state index contributed by atoms with van der Waals surface area (Å²) in [5.74, 6) is -2.22. The van der Waals surface area contributed by atoms with Gasteiger partial charge in [0.25, 0.3) is 0 Å². The summed E-state index contributed by atoms with van der Waals surface area (Å²) in [5, 5.41) is 14.6. The van der Waals surface area contributed by atoms with E-state index in [2.05, 4.69) is 10.6 Å². The molecule has 1 aliphatic rings. The lowest BCUT2D eigenvalue weighted by Gasteiger charge is -2.25. The van der Waals surface area contributed by atoms with Crippen molar-refractivity contribution in [1.82, 2.24) is 10.6 Å². The van der Waals surface area contributed by atoms with E-state index < -0.39 is 48.7 Å². The van der Waals surface area contributed by atoms with Gasteiger partial charge in [0.2, 0.25) is 11.8 Å². The fourth-order valence-corrected chi connectivity index (χ4v) is 5.12. The van der Waals surface area contributed by atoms with E-state index in [0.29, 0.717) is 28.5 Å². The van der Waals surface area contributed by atoms with E-state index in [9.17, 15) is 29.1 Å². The molecule has 3 rings (SSSR count). The minimum atomic E-state index is -1.35. The SMILES string of the molecule is COc1ccc(C(C)=O)cc1CC(=O)N[C@H](C(=O)NC(CC(=O)O)C(=O)COc1cccc(C2CCCC2)c1)C(C)C. The Balaban J connectivity index is 1.66. The van der Waals surface area contributed by atoms with E-state index in [0.717, 1.165) is 18.4 Å². The molecule has 1 fully saturated rings. The molecule has 1 unspecified atom stereocenters. The van der Waals surface area contributed by atoms with Crippen LogP contribution in [-0.2, 0) is 25.6 Å².